The highest BCUT2D eigenvalue weighted by atomic mass is 35.5. The molecule has 0 atom stereocenters. The monoisotopic (exact) mass is 603 g/mol. The predicted molar refractivity (Wildman–Crippen MR) is 160 cm³/mol. The molecule has 0 aliphatic carbocycles. The van der Waals surface area contributed by atoms with E-state index in [0.29, 0.717) is 29.4 Å². The Morgan fingerprint density at radius 2 is 1.93 bits per heavy atom. The molecule has 12 heteroatoms. The number of hydrogen-bond donors (Lipinski definition) is 1. The second kappa shape index (κ2) is 12.4. The number of fused-ring (bicyclic) bond motifs is 1. The first-order chi connectivity index (χ1) is 20.9. The standard InChI is InChI=1S/C31H31ClFN7O3/c1-2-38-20-34-16-24(38)15-27-26(35-29-9-7-21(31(41)42)17-40(27)29)18-37-10-12-39(13-11-37)28-4-3-5-30(36-28)43-19-22-6-8-23(32)14-25(22)33/h3-9,14,16-17,20H,2,10-13,15,18-19H2,1H3,(H,41,42). The average Bonchev–Trinajstić information content (AvgIpc) is 3.61. The molecule has 43 heavy (non-hydrogen) atoms. The molecule has 0 radical (unpaired) electrons. The number of anilines is 1. The third kappa shape index (κ3) is 6.32. The van der Waals surface area contributed by atoms with Gasteiger partial charge in [0, 0.05) is 80.4 Å². The highest BCUT2D eigenvalue weighted by Gasteiger charge is 2.23. The molecule has 1 aliphatic heterocycles. The fraction of sp³-hybridized carbons (Fsp3) is 0.290. The number of aromatic carboxylic acids is 1. The zero-order valence-corrected chi connectivity index (χ0v) is 24.4. The number of aromatic nitrogens is 5. The van der Waals surface area contributed by atoms with Crippen LogP contribution in [-0.2, 0) is 26.1 Å². The van der Waals surface area contributed by atoms with E-state index in [1.807, 2.05) is 29.1 Å². The van der Waals surface area contributed by atoms with Gasteiger partial charge in [0.05, 0.1) is 23.3 Å². The first-order valence-electron chi connectivity index (χ1n) is 14.1. The van der Waals surface area contributed by atoms with Gasteiger partial charge in [0.1, 0.15) is 23.9 Å². The van der Waals surface area contributed by atoms with E-state index in [-0.39, 0.29) is 12.2 Å². The van der Waals surface area contributed by atoms with Crippen LogP contribution >= 0.6 is 11.6 Å². The van der Waals surface area contributed by atoms with E-state index in [0.717, 1.165) is 61.3 Å². The average molecular weight is 604 g/mol. The van der Waals surface area contributed by atoms with E-state index in [1.165, 1.54) is 6.07 Å². The zero-order valence-electron chi connectivity index (χ0n) is 23.7. The molecule has 1 N–H and O–H groups in total. The summed E-state index contributed by atoms with van der Waals surface area (Å²) < 4.78 is 23.9. The summed E-state index contributed by atoms with van der Waals surface area (Å²) in [6.07, 6.45) is 5.90. The molecule has 0 saturated carbocycles. The highest BCUT2D eigenvalue weighted by Crippen LogP contribution is 2.23. The molecule has 1 saturated heterocycles. The van der Waals surface area contributed by atoms with Crippen molar-refractivity contribution in [1.82, 2.24) is 28.8 Å². The fourth-order valence-electron chi connectivity index (χ4n) is 5.33. The number of carbonyl (C=O) groups is 1. The van der Waals surface area contributed by atoms with Crippen LogP contribution in [0.15, 0.2) is 67.3 Å². The molecule has 1 fully saturated rings. The number of ether oxygens (including phenoxy) is 1. The number of benzene rings is 1. The fourth-order valence-corrected chi connectivity index (χ4v) is 5.49. The number of nitrogens with zero attached hydrogens (tertiary/aromatic N) is 7. The van der Waals surface area contributed by atoms with Crippen molar-refractivity contribution >= 4 is 29.0 Å². The third-order valence-electron chi connectivity index (χ3n) is 7.70. The number of pyridine rings is 2. The van der Waals surface area contributed by atoms with E-state index >= 15 is 0 Å². The number of halogens is 2. The van der Waals surface area contributed by atoms with E-state index in [4.69, 9.17) is 21.3 Å². The minimum absolute atomic E-state index is 0.0571. The molecule has 222 valence electrons. The summed E-state index contributed by atoms with van der Waals surface area (Å²) in [6.45, 7) is 6.67. The van der Waals surface area contributed by atoms with Crippen LogP contribution in [0.4, 0.5) is 10.2 Å². The van der Waals surface area contributed by atoms with E-state index in [2.05, 4.69) is 31.3 Å². The molecule has 0 unspecified atom stereocenters. The van der Waals surface area contributed by atoms with Crippen LogP contribution < -0.4 is 9.64 Å². The maximum Gasteiger partial charge on any atom is 0.337 e. The lowest BCUT2D eigenvalue weighted by molar-refractivity contribution is 0.0696. The number of hydrogen-bond acceptors (Lipinski definition) is 7. The summed E-state index contributed by atoms with van der Waals surface area (Å²) in [5, 5.41) is 9.93. The van der Waals surface area contributed by atoms with Crippen LogP contribution in [0.3, 0.4) is 0 Å². The first-order valence-corrected chi connectivity index (χ1v) is 14.5. The van der Waals surface area contributed by atoms with E-state index in [9.17, 15) is 14.3 Å². The maximum atomic E-state index is 14.1. The summed E-state index contributed by atoms with van der Waals surface area (Å²) in [5.41, 5.74) is 4.27. The van der Waals surface area contributed by atoms with Crippen LogP contribution in [0.2, 0.25) is 5.02 Å². The number of rotatable bonds is 10. The minimum Gasteiger partial charge on any atom is -0.478 e. The second-order valence-electron chi connectivity index (χ2n) is 10.4. The zero-order chi connectivity index (χ0) is 29.9. The van der Waals surface area contributed by atoms with Gasteiger partial charge in [-0.2, -0.15) is 4.98 Å². The SMILES string of the molecule is CCn1cncc1Cc1c(CN2CCN(c3cccc(OCc4ccc(Cl)cc4F)n3)CC2)nc2ccc(C(=O)O)cn12. The molecular weight excluding hydrogens is 573 g/mol. The molecule has 10 nitrogen and oxygen atoms in total. The molecule has 0 bridgehead atoms. The van der Waals surface area contributed by atoms with Gasteiger partial charge in [-0.05, 0) is 37.3 Å². The normalized spacial score (nSPS) is 14.0. The van der Waals surface area contributed by atoms with Crippen molar-refractivity contribution in [3.8, 4) is 5.88 Å². The smallest absolute Gasteiger partial charge is 0.337 e. The van der Waals surface area contributed by atoms with Gasteiger partial charge in [-0.15, -0.1) is 0 Å². The molecule has 0 spiro atoms. The van der Waals surface area contributed by atoms with Crippen molar-refractivity contribution in [1.29, 1.82) is 0 Å². The predicted octanol–water partition coefficient (Wildman–Crippen LogP) is 4.93. The molecule has 1 aromatic carbocycles. The van der Waals surface area contributed by atoms with Crippen molar-refractivity contribution in [3.63, 3.8) is 0 Å². The lowest BCUT2D eigenvalue weighted by Crippen LogP contribution is -2.46. The lowest BCUT2D eigenvalue weighted by Gasteiger charge is -2.35. The Balaban J connectivity index is 1.14. The van der Waals surface area contributed by atoms with Gasteiger partial charge in [-0.1, -0.05) is 23.7 Å². The molecule has 6 rings (SSSR count). The Bertz CT molecular complexity index is 1760. The molecule has 1 aliphatic rings. The molecule has 5 heterocycles. The van der Waals surface area contributed by atoms with Gasteiger partial charge in [0.2, 0.25) is 5.88 Å². The van der Waals surface area contributed by atoms with Gasteiger partial charge in [0.15, 0.2) is 0 Å². The van der Waals surface area contributed by atoms with Crippen LogP contribution in [0.1, 0.15) is 39.9 Å². The van der Waals surface area contributed by atoms with Gasteiger partial charge in [-0.3, -0.25) is 4.90 Å². The molecule has 0 amide bonds. The Morgan fingerprint density at radius 1 is 1.09 bits per heavy atom. The Kier molecular flexibility index (Phi) is 8.26. The quantitative estimate of drug-likeness (QED) is 0.240. The number of imidazole rings is 2. The summed E-state index contributed by atoms with van der Waals surface area (Å²) in [5.74, 6) is -0.156. The van der Waals surface area contributed by atoms with Gasteiger partial charge < -0.3 is 23.7 Å². The van der Waals surface area contributed by atoms with Crippen molar-refractivity contribution < 1.29 is 19.0 Å². The van der Waals surface area contributed by atoms with Gasteiger partial charge >= 0.3 is 5.97 Å². The first kappa shape index (κ1) is 28.6. The Hall–Kier alpha value is -4.48. The van der Waals surface area contributed by atoms with Crippen LogP contribution in [0.25, 0.3) is 5.65 Å². The molecule has 4 aromatic heterocycles. The summed E-state index contributed by atoms with van der Waals surface area (Å²) in [7, 11) is 0. The van der Waals surface area contributed by atoms with Crippen LogP contribution in [0, 0.1) is 5.82 Å². The topological polar surface area (TPSA) is 101 Å². The van der Waals surface area contributed by atoms with Crippen molar-refractivity contribution in [2.24, 2.45) is 0 Å². The maximum absolute atomic E-state index is 14.1. The number of aryl methyl sites for hydroxylation is 1. The molecule has 5 aromatic rings. The molecular formula is C31H31ClFN7O3. The number of carboxylic acid groups (broad SMARTS) is 1. The Labute approximate surface area is 253 Å². The third-order valence-corrected chi connectivity index (χ3v) is 7.94. The van der Waals surface area contributed by atoms with Gasteiger partial charge in [0.25, 0.3) is 0 Å². The van der Waals surface area contributed by atoms with Crippen LogP contribution in [-0.4, -0.2) is 66.1 Å². The number of carboxylic acids is 1. The van der Waals surface area contributed by atoms with E-state index < -0.39 is 11.8 Å². The summed E-state index contributed by atoms with van der Waals surface area (Å²) >= 11 is 5.85. The van der Waals surface area contributed by atoms with Crippen molar-refractivity contribution in [2.75, 3.05) is 31.1 Å². The van der Waals surface area contributed by atoms with Crippen molar-refractivity contribution in [3.05, 3.63) is 106 Å². The summed E-state index contributed by atoms with van der Waals surface area (Å²) in [6, 6.07) is 13.5. The second-order valence-corrected chi connectivity index (χ2v) is 10.9. The Morgan fingerprint density at radius 3 is 2.70 bits per heavy atom. The van der Waals surface area contributed by atoms with Gasteiger partial charge in [-0.25, -0.2) is 19.2 Å². The van der Waals surface area contributed by atoms with Crippen molar-refractivity contribution in [2.45, 2.75) is 33.0 Å². The lowest BCUT2D eigenvalue weighted by atomic mass is 10.1. The largest absolute Gasteiger partial charge is 0.478 e. The highest BCUT2D eigenvalue weighted by molar-refractivity contribution is 6.30. The van der Waals surface area contributed by atoms with Crippen LogP contribution in [0.5, 0.6) is 5.88 Å². The number of piperazine rings is 1. The van der Waals surface area contributed by atoms with E-state index in [1.54, 1.807) is 36.5 Å². The summed E-state index contributed by atoms with van der Waals surface area (Å²) in [4.78, 5) is 30.1. The minimum atomic E-state index is -0.974.